The lowest BCUT2D eigenvalue weighted by atomic mass is 9.35. The second-order valence-corrected chi connectivity index (χ2v) is 29.0. The van der Waals surface area contributed by atoms with E-state index in [1.807, 2.05) is 11.3 Å². The van der Waals surface area contributed by atoms with Crippen LogP contribution in [0, 0.1) is 0 Å². The zero-order chi connectivity index (χ0) is 50.6. The third-order valence-corrected chi connectivity index (χ3v) is 17.7. The SMILES string of the molecule is CC(C)(C)c1ccc(-c2cc(C(C)(C)C)ccc2N2c3cc4c(cc3B3c5sc6cc(C(C)(C)C)ccc6c5N(c5ccc(C(C)(C)C)cc5)c5cc(C(C)(C)C)cc2c53)C(C)(C)CCC4(C)C)cc1. The molecule has 3 heterocycles. The monoisotopic (exact) mass is 943 g/mol. The molecule has 0 saturated carbocycles. The van der Waals surface area contributed by atoms with Crippen molar-refractivity contribution in [3.63, 3.8) is 0 Å². The molecule has 3 aliphatic rings. The van der Waals surface area contributed by atoms with Gasteiger partial charge in [-0.3, -0.25) is 0 Å². The van der Waals surface area contributed by atoms with Crippen molar-refractivity contribution in [2.24, 2.45) is 0 Å². The van der Waals surface area contributed by atoms with E-state index >= 15 is 0 Å². The third-order valence-electron chi connectivity index (χ3n) is 16.5. The van der Waals surface area contributed by atoms with Crippen LogP contribution in [0.1, 0.15) is 183 Å². The van der Waals surface area contributed by atoms with Crippen molar-refractivity contribution >= 4 is 78.0 Å². The van der Waals surface area contributed by atoms with Gasteiger partial charge in [0.1, 0.15) is 0 Å². The summed E-state index contributed by atoms with van der Waals surface area (Å²) in [5.41, 5.74) is 22.8. The predicted molar refractivity (Wildman–Crippen MR) is 310 cm³/mol. The highest BCUT2D eigenvalue weighted by molar-refractivity contribution is 7.33. The van der Waals surface area contributed by atoms with Crippen LogP contribution < -0.4 is 25.5 Å². The normalized spacial score (nSPS) is 16.5. The molecule has 70 heavy (non-hydrogen) atoms. The summed E-state index contributed by atoms with van der Waals surface area (Å²) in [5.74, 6) is 0. The number of nitrogens with zero attached hydrogens (tertiary/aromatic N) is 2. The van der Waals surface area contributed by atoms with E-state index in [4.69, 9.17) is 0 Å². The third kappa shape index (κ3) is 7.98. The number of anilines is 6. The fraction of sp³-hybridized carbons (Fsp3) is 0.424. The zero-order valence-electron chi connectivity index (χ0n) is 46.2. The fourth-order valence-corrected chi connectivity index (χ4v) is 13.0. The molecule has 0 amide bonds. The van der Waals surface area contributed by atoms with E-state index in [9.17, 15) is 0 Å². The van der Waals surface area contributed by atoms with Crippen molar-refractivity contribution in [2.75, 3.05) is 9.80 Å². The van der Waals surface area contributed by atoms with Crippen LogP contribution in [-0.2, 0) is 37.9 Å². The Balaban J connectivity index is 1.37. The number of thiophene rings is 1. The van der Waals surface area contributed by atoms with E-state index < -0.39 is 0 Å². The highest BCUT2D eigenvalue weighted by Crippen LogP contribution is 2.54. The summed E-state index contributed by atoms with van der Waals surface area (Å²) in [6.07, 6.45) is 2.33. The van der Waals surface area contributed by atoms with Crippen molar-refractivity contribution in [1.29, 1.82) is 0 Å². The summed E-state index contributed by atoms with van der Waals surface area (Å²) in [5, 5.41) is 1.34. The summed E-state index contributed by atoms with van der Waals surface area (Å²) < 4.78 is 2.80. The molecule has 0 bridgehead atoms. The van der Waals surface area contributed by atoms with E-state index in [2.05, 4.69) is 251 Å². The Bertz CT molecular complexity index is 3220. The standard InChI is InChI=1S/C66H79BN2S/c1-60(2,3)41-22-20-40(21-23-41)48-34-43(62(7,8)9)27-31-52(48)69-53-39-50-49(65(16,17)32-33-66(50,18)19)38-51(53)67-57-54(35-45(36-55(57)69)64(13,14)15)68(46-28-24-42(25-29-46)61(4,5)6)58-47-30-26-44(63(10,11)12)37-56(47)70-59(58)67/h20-31,34-39H,32-33H2,1-19H3. The summed E-state index contributed by atoms with van der Waals surface area (Å²) in [6.45, 7) is 45.2. The minimum atomic E-state index is -0.128. The molecule has 10 rings (SSSR count). The van der Waals surface area contributed by atoms with Gasteiger partial charge in [-0.1, -0.05) is 192 Å². The smallest absolute Gasteiger partial charge is 0.264 e. The molecule has 0 radical (unpaired) electrons. The summed E-state index contributed by atoms with van der Waals surface area (Å²) in [4.78, 5) is 5.40. The molecular formula is C66H79BN2S. The van der Waals surface area contributed by atoms with E-state index in [1.54, 1.807) is 0 Å². The van der Waals surface area contributed by atoms with E-state index in [0.717, 1.165) is 6.42 Å². The van der Waals surface area contributed by atoms with Gasteiger partial charge in [-0.2, -0.15) is 0 Å². The average molecular weight is 943 g/mol. The Kier molecular flexibility index (Phi) is 10.9. The van der Waals surface area contributed by atoms with Gasteiger partial charge in [0.2, 0.25) is 0 Å². The Morgan fingerprint density at radius 3 is 1.46 bits per heavy atom. The molecule has 0 atom stereocenters. The minimum absolute atomic E-state index is 0.0284. The van der Waals surface area contributed by atoms with E-state index in [1.165, 1.54) is 116 Å². The molecule has 362 valence electrons. The molecule has 0 fully saturated rings. The molecule has 4 heteroatoms. The molecule has 0 saturated heterocycles. The van der Waals surface area contributed by atoms with Gasteiger partial charge in [0, 0.05) is 43.2 Å². The maximum Gasteiger partial charge on any atom is 0.264 e. The number of hydrogen-bond donors (Lipinski definition) is 0. The molecule has 0 spiro atoms. The minimum Gasteiger partial charge on any atom is -0.311 e. The lowest BCUT2D eigenvalue weighted by Gasteiger charge is -2.47. The van der Waals surface area contributed by atoms with Crippen LogP contribution in [0.2, 0.25) is 0 Å². The molecule has 0 N–H and O–H groups in total. The quantitative estimate of drug-likeness (QED) is 0.163. The number of benzene rings is 6. The molecule has 6 aromatic carbocycles. The first-order chi connectivity index (χ1) is 32.3. The van der Waals surface area contributed by atoms with Crippen molar-refractivity contribution in [3.05, 3.63) is 148 Å². The molecule has 1 aliphatic carbocycles. The second kappa shape index (κ2) is 15.7. The van der Waals surface area contributed by atoms with E-state index in [0.29, 0.717) is 0 Å². The molecule has 0 unspecified atom stereocenters. The van der Waals surface area contributed by atoms with Gasteiger partial charge >= 0.3 is 0 Å². The van der Waals surface area contributed by atoms with Crippen LogP contribution in [0.15, 0.2) is 109 Å². The second-order valence-electron chi connectivity index (χ2n) is 27.9. The average Bonchev–Trinajstić information content (AvgIpc) is 3.64. The summed E-state index contributed by atoms with van der Waals surface area (Å²) >= 11 is 2.03. The van der Waals surface area contributed by atoms with E-state index in [-0.39, 0.29) is 44.6 Å². The Morgan fingerprint density at radius 1 is 0.443 bits per heavy atom. The first kappa shape index (κ1) is 48.6. The van der Waals surface area contributed by atoms with Gasteiger partial charge in [0.15, 0.2) is 0 Å². The van der Waals surface area contributed by atoms with Crippen molar-refractivity contribution in [2.45, 2.75) is 182 Å². The highest BCUT2D eigenvalue weighted by atomic mass is 32.1. The molecular weight excluding hydrogens is 864 g/mol. The molecule has 7 aromatic rings. The predicted octanol–water partition coefficient (Wildman–Crippen LogP) is 17.5. The van der Waals surface area contributed by atoms with Crippen molar-refractivity contribution in [1.82, 2.24) is 0 Å². The molecule has 2 aliphatic heterocycles. The summed E-state index contributed by atoms with van der Waals surface area (Å²) in [7, 11) is 0. The van der Waals surface area contributed by atoms with Gasteiger partial charge in [0.05, 0.1) is 11.4 Å². The van der Waals surface area contributed by atoms with Crippen LogP contribution >= 0.6 is 11.3 Å². The number of fused-ring (bicyclic) bond motifs is 7. The van der Waals surface area contributed by atoms with Gasteiger partial charge in [-0.15, -0.1) is 11.3 Å². The first-order valence-corrected chi connectivity index (χ1v) is 27.1. The molecule has 2 nitrogen and oxygen atoms in total. The van der Waals surface area contributed by atoms with Crippen molar-refractivity contribution in [3.8, 4) is 11.1 Å². The van der Waals surface area contributed by atoms with Crippen molar-refractivity contribution < 1.29 is 0 Å². The van der Waals surface area contributed by atoms with Crippen LogP contribution in [0.3, 0.4) is 0 Å². The van der Waals surface area contributed by atoms with Crippen LogP contribution in [0.5, 0.6) is 0 Å². The van der Waals surface area contributed by atoms with Gasteiger partial charge in [-0.25, -0.2) is 0 Å². The Morgan fingerprint density at radius 2 is 0.914 bits per heavy atom. The lowest BCUT2D eigenvalue weighted by molar-refractivity contribution is 0.332. The molecule has 1 aromatic heterocycles. The Labute approximate surface area is 427 Å². The lowest BCUT2D eigenvalue weighted by Crippen LogP contribution is -2.61. The maximum atomic E-state index is 2.73. The fourth-order valence-electron chi connectivity index (χ4n) is 11.7. The van der Waals surface area contributed by atoms with Gasteiger partial charge in [-0.05, 0) is 155 Å². The number of rotatable bonds is 3. The van der Waals surface area contributed by atoms with Crippen LogP contribution in [-0.4, -0.2) is 6.71 Å². The van der Waals surface area contributed by atoms with Gasteiger partial charge in [0.25, 0.3) is 6.71 Å². The summed E-state index contributed by atoms with van der Waals surface area (Å²) in [6, 6.07) is 44.3. The highest BCUT2D eigenvalue weighted by Gasteiger charge is 2.48. The maximum absolute atomic E-state index is 2.73. The first-order valence-electron chi connectivity index (χ1n) is 26.3. The van der Waals surface area contributed by atoms with Gasteiger partial charge < -0.3 is 9.80 Å². The van der Waals surface area contributed by atoms with Crippen LogP contribution in [0.25, 0.3) is 21.2 Å². The zero-order valence-corrected chi connectivity index (χ0v) is 47.0. The van der Waals surface area contributed by atoms with Crippen LogP contribution in [0.4, 0.5) is 34.1 Å². The number of hydrogen-bond acceptors (Lipinski definition) is 3. The topological polar surface area (TPSA) is 6.48 Å². The Hall–Kier alpha value is -5.06. The largest absolute Gasteiger partial charge is 0.311 e.